The first-order chi connectivity index (χ1) is 32.7. The smallest absolute Gasteiger partial charge is 0.494 e. The van der Waals surface area contributed by atoms with Crippen LogP contribution in [-0.2, 0) is 14.3 Å². The number of unbranched alkanes of at least 4 members (excludes halogenated alkanes) is 1. The van der Waals surface area contributed by atoms with E-state index in [2.05, 4.69) is 64.4 Å². The van der Waals surface area contributed by atoms with E-state index < -0.39 is 29.3 Å². The quantitative estimate of drug-likeness (QED) is 0.0169. The Morgan fingerprint density at radius 2 is 1.23 bits per heavy atom. The number of allylic oxidation sites excluding steroid dienone is 1. The number of rotatable bonds is 19. The summed E-state index contributed by atoms with van der Waals surface area (Å²) in [6.45, 7) is 14.6. The van der Waals surface area contributed by atoms with Crippen LogP contribution in [-0.4, -0.2) is 56.2 Å². The summed E-state index contributed by atoms with van der Waals surface area (Å²) in [5.41, 5.74) is 2.60. The number of carbonyl (C=O) groups excluding carboxylic acids is 3. The molecule has 360 valence electrons. The normalized spacial score (nSPS) is 10.9. The number of esters is 1. The highest BCUT2D eigenvalue weighted by molar-refractivity contribution is 6.08. The molecule has 0 fully saturated rings. The molecule has 0 saturated heterocycles. The van der Waals surface area contributed by atoms with Crippen LogP contribution in [0.15, 0.2) is 134 Å². The number of ether oxygens (including phenoxy) is 3. The number of carbonyl (C=O) groups is 3. The maximum Gasteiger partial charge on any atom is 0.573 e. The Labute approximate surface area is 394 Å². The van der Waals surface area contributed by atoms with Crippen molar-refractivity contribution in [3.8, 4) is 11.5 Å². The molecule has 4 aromatic carbocycles. The standard InChI is InChI=1S/C28H32FN5O4.C21H16F4N4O2/c1-5-24(35)31-20-9-8-10-21(17-20)32-26-23(29)18-30-27(34-26)33-19-12-14-22(15-13-19)37-16-7-6-11-25(36)38-28(2,3)4;1-12(2)18(30)13-5-3-6-14(9-13)27-19-17(22)11-26-20(29-19)28-15-7-4-8-16(10-15)31-21(23,24)25/h5,8-10,12-15,17-18H,1,6-7,11,16H2,2-4H3,(H,31,35)(H2,30,32,33,34);3-11H,1H2,2H3,(H2,26,27,28,29). The second-order valence-corrected chi connectivity index (χ2v) is 15.7. The molecule has 0 bridgehead atoms. The molecule has 1 amide bonds. The first-order valence-corrected chi connectivity index (χ1v) is 21.0. The van der Waals surface area contributed by atoms with Crippen molar-refractivity contribution in [3.05, 3.63) is 151 Å². The van der Waals surface area contributed by atoms with Crippen molar-refractivity contribution in [3.63, 3.8) is 0 Å². The van der Waals surface area contributed by atoms with Crippen molar-refractivity contribution in [1.82, 2.24) is 19.9 Å². The SMILES string of the molecule is C=C(C)C(=O)c1cccc(Nc2nc(Nc3cccc(OC(F)(F)F)c3)ncc2F)c1.C=CC(=O)Nc1cccc(Nc2nc(Nc3ccc(OCCCCC(=O)OC(C)(C)C)cc3)ncc2F)c1. The molecule has 0 saturated carbocycles. The summed E-state index contributed by atoms with van der Waals surface area (Å²) < 4.78 is 80.6. The average molecular weight is 954 g/mol. The summed E-state index contributed by atoms with van der Waals surface area (Å²) >= 11 is 0. The number of nitrogens with one attached hydrogen (secondary N) is 5. The molecular weight excluding hydrogens is 906 g/mol. The van der Waals surface area contributed by atoms with Gasteiger partial charge in [0.15, 0.2) is 29.1 Å². The van der Waals surface area contributed by atoms with Gasteiger partial charge in [0.2, 0.25) is 17.8 Å². The van der Waals surface area contributed by atoms with Crippen molar-refractivity contribution >= 4 is 69.6 Å². The van der Waals surface area contributed by atoms with E-state index in [4.69, 9.17) is 9.47 Å². The van der Waals surface area contributed by atoms with E-state index in [1.54, 1.807) is 73.7 Å². The number of benzene rings is 4. The highest BCUT2D eigenvalue weighted by Crippen LogP contribution is 2.28. The summed E-state index contributed by atoms with van der Waals surface area (Å²) in [6, 6.07) is 25.3. The molecule has 0 atom stereocenters. The number of Topliss-reactive ketones (excluding diaryl/α,β-unsaturated/α-hetero) is 1. The van der Waals surface area contributed by atoms with Crippen molar-refractivity contribution < 1.29 is 50.5 Å². The van der Waals surface area contributed by atoms with Crippen LogP contribution < -0.4 is 36.1 Å². The second-order valence-electron chi connectivity index (χ2n) is 15.7. The van der Waals surface area contributed by atoms with Gasteiger partial charge in [-0.1, -0.05) is 37.4 Å². The molecule has 6 aromatic rings. The van der Waals surface area contributed by atoms with Crippen LogP contribution >= 0.6 is 0 Å². The maximum atomic E-state index is 14.4. The molecule has 6 rings (SSSR count). The maximum absolute atomic E-state index is 14.4. The number of hydrogen-bond donors (Lipinski definition) is 5. The predicted octanol–water partition coefficient (Wildman–Crippen LogP) is 11.9. The summed E-state index contributed by atoms with van der Waals surface area (Å²) in [5, 5.41) is 14.0. The van der Waals surface area contributed by atoms with Gasteiger partial charge in [-0.15, -0.1) is 13.2 Å². The Morgan fingerprint density at radius 3 is 1.81 bits per heavy atom. The van der Waals surface area contributed by atoms with Crippen LogP contribution in [0.4, 0.5) is 73.9 Å². The van der Waals surface area contributed by atoms with E-state index in [1.807, 2.05) is 20.8 Å². The first kappa shape index (κ1) is 51.6. The third-order valence-corrected chi connectivity index (χ3v) is 8.74. The lowest BCUT2D eigenvalue weighted by atomic mass is 10.1. The van der Waals surface area contributed by atoms with Gasteiger partial charge in [0, 0.05) is 46.5 Å². The van der Waals surface area contributed by atoms with Gasteiger partial charge in [-0.2, -0.15) is 9.97 Å². The number of halogens is 5. The molecule has 69 heavy (non-hydrogen) atoms. The minimum atomic E-state index is -4.83. The van der Waals surface area contributed by atoms with Crippen LogP contribution in [0.25, 0.3) is 0 Å². The van der Waals surface area contributed by atoms with Gasteiger partial charge in [0.05, 0.1) is 19.0 Å². The Bertz CT molecular complexity index is 2770. The fraction of sp³-hybridized carbons (Fsp3) is 0.204. The molecule has 20 heteroatoms. The Kier molecular flexibility index (Phi) is 17.8. The molecule has 5 N–H and O–H groups in total. The molecule has 0 unspecified atom stereocenters. The molecule has 15 nitrogen and oxygen atoms in total. The zero-order valence-corrected chi connectivity index (χ0v) is 37.8. The van der Waals surface area contributed by atoms with Crippen LogP contribution in [0, 0.1) is 11.6 Å². The van der Waals surface area contributed by atoms with Gasteiger partial charge in [-0.25, -0.2) is 18.7 Å². The zero-order valence-electron chi connectivity index (χ0n) is 37.8. The molecule has 0 spiro atoms. The zero-order chi connectivity index (χ0) is 50.1. The number of hydrogen-bond acceptors (Lipinski definition) is 14. The van der Waals surface area contributed by atoms with Crippen molar-refractivity contribution in [2.75, 3.05) is 33.2 Å². The van der Waals surface area contributed by atoms with E-state index in [0.717, 1.165) is 37.0 Å². The highest BCUT2D eigenvalue weighted by atomic mass is 19.4. The monoisotopic (exact) mass is 953 g/mol. The summed E-state index contributed by atoms with van der Waals surface area (Å²) in [7, 11) is 0. The van der Waals surface area contributed by atoms with E-state index in [9.17, 15) is 36.3 Å². The van der Waals surface area contributed by atoms with Gasteiger partial charge in [-0.3, -0.25) is 14.4 Å². The number of alkyl halides is 3. The largest absolute Gasteiger partial charge is 0.573 e. The lowest BCUT2D eigenvalue weighted by molar-refractivity contribution is -0.274. The summed E-state index contributed by atoms with van der Waals surface area (Å²) in [6.07, 6.45) is 0.0579. The Balaban J connectivity index is 0.000000263. The molecule has 2 aromatic heterocycles. The third kappa shape index (κ3) is 17.7. The van der Waals surface area contributed by atoms with Crippen LogP contribution in [0.5, 0.6) is 11.5 Å². The first-order valence-electron chi connectivity index (χ1n) is 21.0. The fourth-order valence-corrected chi connectivity index (χ4v) is 5.77. The molecular formula is C49H48F5N9O6. The van der Waals surface area contributed by atoms with E-state index in [1.165, 1.54) is 18.2 Å². The summed E-state index contributed by atoms with van der Waals surface area (Å²) in [4.78, 5) is 51.3. The minimum absolute atomic E-state index is 0.0268. The van der Waals surface area contributed by atoms with Crippen LogP contribution in [0.2, 0.25) is 0 Å². The van der Waals surface area contributed by atoms with E-state index in [0.29, 0.717) is 59.1 Å². The van der Waals surface area contributed by atoms with Gasteiger partial charge in [0.1, 0.15) is 17.1 Å². The molecule has 0 aliphatic carbocycles. The lowest BCUT2D eigenvalue weighted by Crippen LogP contribution is -2.23. The van der Waals surface area contributed by atoms with E-state index >= 15 is 0 Å². The van der Waals surface area contributed by atoms with Crippen molar-refractivity contribution in [2.24, 2.45) is 0 Å². The number of ketones is 1. The van der Waals surface area contributed by atoms with Gasteiger partial charge in [-0.05, 0) is 119 Å². The molecule has 0 aliphatic heterocycles. The minimum Gasteiger partial charge on any atom is -0.494 e. The number of anilines is 9. The van der Waals surface area contributed by atoms with Gasteiger partial charge < -0.3 is 40.8 Å². The summed E-state index contributed by atoms with van der Waals surface area (Å²) in [5.74, 6) is -2.06. The molecule has 2 heterocycles. The van der Waals surface area contributed by atoms with Crippen LogP contribution in [0.3, 0.4) is 0 Å². The van der Waals surface area contributed by atoms with Gasteiger partial charge >= 0.3 is 12.3 Å². The van der Waals surface area contributed by atoms with E-state index in [-0.39, 0.29) is 46.9 Å². The topological polar surface area (TPSA) is 191 Å². The van der Waals surface area contributed by atoms with Gasteiger partial charge in [0.25, 0.3) is 0 Å². The molecule has 0 radical (unpaired) electrons. The number of nitrogens with zero attached hydrogens (tertiary/aromatic N) is 4. The second kappa shape index (κ2) is 23.9. The Morgan fingerprint density at radius 1 is 0.681 bits per heavy atom. The average Bonchev–Trinajstić information content (AvgIpc) is 3.28. The lowest BCUT2D eigenvalue weighted by Gasteiger charge is -2.19. The predicted molar refractivity (Wildman–Crippen MR) is 253 cm³/mol. The number of amides is 1. The number of aromatic nitrogens is 4. The van der Waals surface area contributed by atoms with Crippen LogP contribution in [0.1, 0.15) is 57.3 Å². The third-order valence-electron chi connectivity index (χ3n) is 8.74. The molecule has 0 aliphatic rings. The highest BCUT2D eigenvalue weighted by Gasteiger charge is 2.31. The van der Waals surface area contributed by atoms with Crippen molar-refractivity contribution in [1.29, 1.82) is 0 Å². The Hall–Kier alpha value is -8.42. The fourth-order valence-electron chi connectivity index (χ4n) is 5.77. The van der Waals surface area contributed by atoms with Crippen molar-refractivity contribution in [2.45, 2.75) is 58.9 Å².